The van der Waals surface area contributed by atoms with Gasteiger partial charge in [0, 0.05) is 5.56 Å². The lowest BCUT2D eigenvalue weighted by atomic mass is 10.1. The molecule has 0 radical (unpaired) electrons. The zero-order chi connectivity index (χ0) is 17.1. The Morgan fingerprint density at radius 1 is 0.958 bits per heavy atom. The van der Waals surface area contributed by atoms with Gasteiger partial charge in [-0.1, -0.05) is 48.5 Å². The van der Waals surface area contributed by atoms with Crippen LogP contribution in [0.15, 0.2) is 48.5 Å². The second-order valence-corrected chi connectivity index (χ2v) is 6.56. The van der Waals surface area contributed by atoms with Gasteiger partial charge in [-0.2, -0.15) is 9.36 Å². The van der Waals surface area contributed by atoms with Crippen molar-refractivity contribution in [2.75, 3.05) is 7.05 Å². The molecule has 2 aromatic carbocycles. The summed E-state index contributed by atoms with van der Waals surface area (Å²) in [4.78, 5) is 1.30. The highest BCUT2D eigenvalue weighted by Gasteiger charge is 2.13. The van der Waals surface area contributed by atoms with Crippen LogP contribution in [0.3, 0.4) is 0 Å². The molecule has 0 aliphatic carbocycles. The maximum absolute atomic E-state index is 5.60. The number of quaternary nitrogens is 1. The van der Waals surface area contributed by atoms with Gasteiger partial charge in [-0.15, -0.1) is 0 Å². The monoisotopic (exact) mass is 340 g/mol. The van der Waals surface area contributed by atoms with Gasteiger partial charge in [0.15, 0.2) is 6.67 Å². The van der Waals surface area contributed by atoms with Crippen molar-refractivity contribution < 1.29 is 4.90 Å². The average molecular weight is 340 g/mol. The van der Waals surface area contributed by atoms with E-state index in [1.54, 1.807) is 9.36 Å². The van der Waals surface area contributed by atoms with E-state index in [1.165, 1.54) is 10.5 Å². The highest BCUT2D eigenvalue weighted by Crippen LogP contribution is 2.17. The van der Waals surface area contributed by atoms with Crippen LogP contribution in [-0.2, 0) is 13.2 Å². The Labute approximate surface area is 147 Å². The number of aromatic nitrogens is 4. The molecule has 0 spiro atoms. The lowest BCUT2D eigenvalue weighted by Crippen LogP contribution is -3.07. The molecule has 1 unspecified atom stereocenters. The van der Waals surface area contributed by atoms with E-state index in [0.717, 1.165) is 23.4 Å². The van der Waals surface area contributed by atoms with Crippen LogP contribution < -0.4 is 4.90 Å². The topological polar surface area (TPSA) is 40.1 Å². The van der Waals surface area contributed by atoms with Crippen LogP contribution in [0.1, 0.15) is 16.7 Å². The van der Waals surface area contributed by atoms with Crippen molar-refractivity contribution in [2.24, 2.45) is 0 Å². The van der Waals surface area contributed by atoms with Crippen LogP contribution in [0.5, 0.6) is 0 Å². The first kappa shape index (κ1) is 16.5. The van der Waals surface area contributed by atoms with Crippen molar-refractivity contribution in [1.82, 2.24) is 19.8 Å². The summed E-state index contributed by atoms with van der Waals surface area (Å²) in [5.41, 5.74) is 4.60. The Morgan fingerprint density at radius 2 is 1.62 bits per heavy atom. The number of para-hydroxylation sites is 1. The summed E-state index contributed by atoms with van der Waals surface area (Å²) >= 11 is 5.60. The van der Waals surface area contributed by atoms with E-state index >= 15 is 0 Å². The number of rotatable bonds is 5. The third-order valence-corrected chi connectivity index (χ3v) is 4.44. The van der Waals surface area contributed by atoms with Crippen molar-refractivity contribution in [3.8, 4) is 5.69 Å². The number of aryl methyl sites for hydroxylation is 2. The minimum atomic E-state index is 0.625. The van der Waals surface area contributed by atoms with Crippen molar-refractivity contribution >= 4 is 12.2 Å². The van der Waals surface area contributed by atoms with Crippen molar-refractivity contribution in [3.05, 3.63) is 70.0 Å². The summed E-state index contributed by atoms with van der Waals surface area (Å²) in [5.74, 6) is 0. The molecule has 124 valence electrons. The van der Waals surface area contributed by atoms with Crippen LogP contribution in [0.2, 0.25) is 0 Å². The molecule has 24 heavy (non-hydrogen) atoms. The van der Waals surface area contributed by atoms with Crippen LogP contribution in [-0.4, -0.2) is 26.8 Å². The molecular weight excluding hydrogens is 318 g/mol. The number of nitrogens with zero attached hydrogens (tertiary/aromatic N) is 4. The van der Waals surface area contributed by atoms with Gasteiger partial charge in [-0.3, -0.25) is 0 Å². The standard InChI is InChI=1S/C18H21N5S/c1-14-8-7-9-15(2)17(14)23-18(24)22(19-20-23)13-21(3)12-16-10-5-4-6-11-16/h4-11H,12-13H2,1-3H3/p+1. The van der Waals surface area contributed by atoms with Crippen molar-refractivity contribution in [2.45, 2.75) is 27.1 Å². The number of benzene rings is 2. The number of hydrogen-bond donors (Lipinski definition) is 1. The number of nitrogens with one attached hydrogen (secondary N) is 1. The minimum Gasteiger partial charge on any atom is -0.315 e. The summed E-state index contributed by atoms with van der Waals surface area (Å²) in [6.07, 6.45) is 0. The summed E-state index contributed by atoms with van der Waals surface area (Å²) < 4.78 is 4.18. The highest BCUT2D eigenvalue weighted by atomic mass is 32.1. The first-order valence-electron chi connectivity index (χ1n) is 8.01. The van der Waals surface area contributed by atoms with E-state index in [0.29, 0.717) is 11.4 Å². The van der Waals surface area contributed by atoms with E-state index in [9.17, 15) is 0 Å². The van der Waals surface area contributed by atoms with Gasteiger partial charge < -0.3 is 4.90 Å². The fraction of sp³-hybridized carbons (Fsp3) is 0.278. The van der Waals surface area contributed by atoms with Gasteiger partial charge in [0.1, 0.15) is 6.54 Å². The minimum absolute atomic E-state index is 0.625. The molecule has 0 fully saturated rings. The average Bonchev–Trinajstić information content (AvgIpc) is 2.89. The zero-order valence-corrected chi connectivity index (χ0v) is 15.0. The molecule has 0 saturated heterocycles. The van der Waals surface area contributed by atoms with Crippen LogP contribution >= 0.6 is 12.2 Å². The van der Waals surface area contributed by atoms with Crippen LogP contribution in [0.25, 0.3) is 5.69 Å². The Kier molecular flexibility index (Phi) is 4.87. The van der Waals surface area contributed by atoms with Gasteiger partial charge in [0.05, 0.1) is 12.7 Å². The maximum Gasteiger partial charge on any atom is 0.225 e. The molecule has 0 saturated carbocycles. The van der Waals surface area contributed by atoms with Gasteiger partial charge >= 0.3 is 0 Å². The normalized spacial score (nSPS) is 12.3. The third-order valence-electron chi connectivity index (χ3n) is 4.06. The van der Waals surface area contributed by atoms with Gasteiger partial charge in [0.25, 0.3) is 0 Å². The van der Waals surface area contributed by atoms with E-state index in [-0.39, 0.29) is 0 Å². The van der Waals surface area contributed by atoms with Gasteiger partial charge in [-0.25, -0.2) is 0 Å². The maximum atomic E-state index is 5.60. The van der Waals surface area contributed by atoms with Gasteiger partial charge in [-0.05, 0) is 47.6 Å². The van der Waals surface area contributed by atoms with E-state index in [1.807, 2.05) is 12.1 Å². The van der Waals surface area contributed by atoms with E-state index < -0.39 is 0 Å². The molecule has 1 heterocycles. The fourth-order valence-electron chi connectivity index (χ4n) is 2.91. The summed E-state index contributed by atoms with van der Waals surface area (Å²) in [6.45, 7) is 5.73. The van der Waals surface area contributed by atoms with Crippen molar-refractivity contribution in [3.63, 3.8) is 0 Å². The number of hydrogen-bond acceptors (Lipinski definition) is 3. The molecule has 0 amide bonds. The van der Waals surface area contributed by atoms with E-state index in [2.05, 4.69) is 67.7 Å². The molecule has 1 atom stereocenters. The van der Waals surface area contributed by atoms with Crippen molar-refractivity contribution in [1.29, 1.82) is 0 Å². The summed E-state index contributed by atoms with van der Waals surface area (Å²) in [6, 6.07) is 16.6. The second-order valence-electron chi connectivity index (χ2n) is 6.19. The Morgan fingerprint density at radius 3 is 2.29 bits per heavy atom. The Balaban J connectivity index is 1.82. The quantitative estimate of drug-likeness (QED) is 0.723. The highest BCUT2D eigenvalue weighted by molar-refractivity contribution is 7.71. The predicted octanol–water partition coefficient (Wildman–Crippen LogP) is 2.09. The first-order valence-corrected chi connectivity index (χ1v) is 8.41. The first-order chi connectivity index (χ1) is 11.6. The van der Waals surface area contributed by atoms with Gasteiger partial charge in [0.2, 0.25) is 4.77 Å². The molecule has 1 N–H and O–H groups in total. The Hall–Kier alpha value is -2.31. The number of tetrazole rings is 1. The molecule has 3 aromatic rings. The smallest absolute Gasteiger partial charge is 0.225 e. The molecule has 6 heteroatoms. The molecule has 0 bridgehead atoms. The molecule has 1 aromatic heterocycles. The molecule has 3 rings (SSSR count). The molecule has 0 aliphatic rings. The zero-order valence-electron chi connectivity index (χ0n) is 14.2. The molecule has 5 nitrogen and oxygen atoms in total. The lowest BCUT2D eigenvalue weighted by molar-refractivity contribution is -0.917. The van der Waals surface area contributed by atoms with E-state index in [4.69, 9.17) is 12.2 Å². The Bertz CT molecular complexity index is 862. The SMILES string of the molecule is Cc1cccc(C)c1-n1nnn(C[NH+](C)Cc2ccccc2)c1=S. The van der Waals surface area contributed by atoms with Crippen LogP contribution in [0.4, 0.5) is 0 Å². The predicted molar refractivity (Wildman–Crippen MR) is 96.7 cm³/mol. The second kappa shape index (κ2) is 7.07. The molecular formula is C18H22N5S+. The third kappa shape index (κ3) is 3.44. The fourth-order valence-corrected chi connectivity index (χ4v) is 3.14. The summed E-state index contributed by atoms with van der Waals surface area (Å²) in [7, 11) is 2.13. The van der Waals surface area contributed by atoms with Crippen LogP contribution in [0, 0.1) is 18.6 Å². The lowest BCUT2D eigenvalue weighted by Gasteiger charge is -2.13. The molecule has 0 aliphatic heterocycles. The summed E-state index contributed by atoms with van der Waals surface area (Å²) in [5, 5.41) is 8.54. The largest absolute Gasteiger partial charge is 0.315 e.